The van der Waals surface area contributed by atoms with Gasteiger partial charge >= 0.3 is 0 Å². The van der Waals surface area contributed by atoms with Crippen molar-refractivity contribution < 1.29 is 0 Å². The van der Waals surface area contributed by atoms with E-state index in [9.17, 15) is 0 Å². The van der Waals surface area contributed by atoms with E-state index in [1.165, 1.54) is 58.0 Å². The highest BCUT2D eigenvalue weighted by Crippen LogP contribution is 2.42. The number of rotatable bonds is 4. The molecule has 19 heavy (non-hydrogen) atoms. The topological polar surface area (TPSA) is 29.3 Å². The zero-order chi connectivity index (χ0) is 13.9. The van der Waals surface area contributed by atoms with Gasteiger partial charge in [0.2, 0.25) is 0 Å². The lowest BCUT2D eigenvalue weighted by atomic mass is 9.68. The standard InChI is InChI=1S/C17H34N2/c1-4-5-16-8-10-19(11-9-16)17(13-18)12-14(2)6-7-15(17)3/h14-16H,4-13,18H2,1-3H3. The second-order valence-electron chi connectivity index (χ2n) is 7.31. The molecule has 1 aliphatic carbocycles. The van der Waals surface area contributed by atoms with Crippen molar-refractivity contribution in [2.75, 3.05) is 19.6 Å². The SMILES string of the molecule is CCCC1CCN(C2(CN)CC(C)CCC2C)CC1. The van der Waals surface area contributed by atoms with Crippen LogP contribution in [0.25, 0.3) is 0 Å². The molecule has 0 bridgehead atoms. The highest BCUT2D eigenvalue weighted by Gasteiger charge is 2.44. The van der Waals surface area contributed by atoms with Crippen molar-refractivity contribution >= 4 is 0 Å². The van der Waals surface area contributed by atoms with E-state index < -0.39 is 0 Å². The Kier molecular flexibility index (Phi) is 5.30. The molecule has 2 nitrogen and oxygen atoms in total. The summed E-state index contributed by atoms with van der Waals surface area (Å²) in [7, 11) is 0. The summed E-state index contributed by atoms with van der Waals surface area (Å²) in [4.78, 5) is 2.78. The molecule has 2 fully saturated rings. The van der Waals surface area contributed by atoms with E-state index in [0.29, 0.717) is 5.54 Å². The van der Waals surface area contributed by atoms with Crippen molar-refractivity contribution in [2.45, 2.75) is 71.3 Å². The fraction of sp³-hybridized carbons (Fsp3) is 1.00. The third-order valence-corrected chi connectivity index (χ3v) is 6.01. The Balaban J connectivity index is 2.01. The van der Waals surface area contributed by atoms with Gasteiger partial charge in [-0.2, -0.15) is 0 Å². The highest BCUT2D eigenvalue weighted by atomic mass is 15.2. The first kappa shape index (κ1) is 15.3. The Morgan fingerprint density at radius 1 is 1.11 bits per heavy atom. The van der Waals surface area contributed by atoms with Crippen LogP contribution in [0.4, 0.5) is 0 Å². The van der Waals surface area contributed by atoms with E-state index in [4.69, 9.17) is 5.73 Å². The van der Waals surface area contributed by atoms with Crippen LogP contribution < -0.4 is 5.73 Å². The van der Waals surface area contributed by atoms with Gasteiger partial charge in [-0.1, -0.05) is 40.0 Å². The van der Waals surface area contributed by atoms with E-state index in [0.717, 1.165) is 24.3 Å². The monoisotopic (exact) mass is 266 g/mol. The molecule has 3 unspecified atom stereocenters. The first-order valence-electron chi connectivity index (χ1n) is 8.57. The van der Waals surface area contributed by atoms with Crippen LogP contribution in [0.5, 0.6) is 0 Å². The van der Waals surface area contributed by atoms with E-state index in [2.05, 4.69) is 25.7 Å². The summed E-state index contributed by atoms with van der Waals surface area (Å²) in [5.41, 5.74) is 6.59. The number of nitrogens with zero attached hydrogens (tertiary/aromatic N) is 1. The van der Waals surface area contributed by atoms with Gasteiger partial charge in [0.05, 0.1) is 0 Å². The van der Waals surface area contributed by atoms with Gasteiger partial charge in [0, 0.05) is 12.1 Å². The molecule has 1 saturated carbocycles. The summed E-state index contributed by atoms with van der Waals surface area (Å²) in [6.45, 7) is 10.6. The van der Waals surface area contributed by atoms with Crippen LogP contribution in [0.15, 0.2) is 0 Å². The predicted molar refractivity (Wildman–Crippen MR) is 83.2 cm³/mol. The summed E-state index contributed by atoms with van der Waals surface area (Å²) < 4.78 is 0. The van der Waals surface area contributed by atoms with Gasteiger partial charge in [0.25, 0.3) is 0 Å². The normalized spacial score (nSPS) is 38.5. The van der Waals surface area contributed by atoms with Gasteiger partial charge in [0.15, 0.2) is 0 Å². The number of nitrogens with two attached hydrogens (primary N) is 1. The maximum atomic E-state index is 6.27. The van der Waals surface area contributed by atoms with Crippen LogP contribution >= 0.6 is 0 Å². The summed E-state index contributed by atoms with van der Waals surface area (Å²) in [6, 6.07) is 0. The van der Waals surface area contributed by atoms with Crippen molar-refractivity contribution in [2.24, 2.45) is 23.5 Å². The smallest absolute Gasteiger partial charge is 0.0359 e. The molecule has 0 aromatic rings. The molecular weight excluding hydrogens is 232 g/mol. The van der Waals surface area contributed by atoms with Gasteiger partial charge in [0.1, 0.15) is 0 Å². The maximum absolute atomic E-state index is 6.27. The van der Waals surface area contributed by atoms with Crippen molar-refractivity contribution in [3.63, 3.8) is 0 Å². The average molecular weight is 266 g/mol. The lowest BCUT2D eigenvalue weighted by Crippen LogP contribution is -2.62. The van der Waals surface area contributed by atoms with Crippen LogP contribution in [-0.2, 0) is 0 Å². The first-order chi connectivity index (χ1) is 9.12. The zero-order valence-electron chi connectivity index (χ0n) is 13.3. The molecule has 0 aromatic heterocycles. The molecule has 112 valence electrons. The third-order valence-electron chi connectivity index (χ3n) is 6.01. The number of likely N-dealkylation sites (tertiary alicyclic amines) is 1. The lowest BCUT2D eigenvalue weighted by Gasteiger charge is -2.53. The zero-order valence-corrected chi connectivity index (χ0v) is 13.3. The first-order valence-corrected chi connectivity index (χ1v) is 8.57. The Hall–Kier alpha value is -0.0800. The van der Waals surface area contributed by atoms with E-state index in [1.807, 2.05) is 0 Å². The fourth-order valence-electron chi connectivity index (χ4n) is 4.64. The number of piperidine rings is 1. The van der Waals surface area contributed by atoms with Gasteiger partial charge in [-0.05, 0) is 56.5 Å². The van der Waals surface area contributed by atoms with Gasteiger partial charge in [-0.25, -0.2) is 0 Å². The van der Waals surface area contributed by atoms with Gasteiger partial charge in [-0.3, -0.25) is 4.90 Å². The lowest BCUT2D eigenvalue weighted by molar-refractivity contribution is -0.0246. The van der Waals surface area contributed by atoms with E-state index in [1.54, 1.807) is 0 Å². The molecule has 3 atom stereocenters. The minimum absolute atomic E-state index is 0.314. The Labute approximate surface area is 120 Å². The fourth-order valence-corrected chi connectivity index (χ4v) is 4.64. The molecule has 2 N–H and O–H groups in total. The van der Waals surface area contributed by atoms with Crippen LogP contribution in [-0.4, -0.2) is 30.1 Å². The van der Waals surface area contributed by atoms with Crippen LogP contribution in [0.2, 0.25) is 0 Å². The Morgan fingerprint density at radius 2 is 1.79 bits per heavy atom. The van der Waals surface area contributed by atoms with Crippen molar-refractivity contribution in [3.05, 3.63) is 0 Å². The molecule has 0 radical (unpaired) electrons. The largest absolute Gasteiger partial charge is 0.329 e. The minimum atomic E-state index is 0.314. The van der Waals surface area contributed by atoms with Gasteiger partial charge < -0.3 is 5.73 Å². The third kappa shape index (κ3) is 3.16. The number of hydrogen-bond acceptors (Lipinski definition) is 2. The summed E-state index contributed by atoms with van der Waals surface area (Å²) >= 11 is 0. The van der Waals surface area contributed by atoms with Crippen LogP contribution in [0.3, 0.4) is 0 Å². The van der Waals surface area contributed by atoms with Crippen molar-refractivity contribution in [3.8, 4) is 0 Å². The Morgan fingerprint density at radius 3 is 2.37 bits per heavy atom. The highest BCUT2D eigenvalue weighted by molar-refractivity contribution is 5.01. The van der Waals surface area contributed by atoms with Crippen molar-refractivity contribution in [1.29, 1.82) is 0 Å². The summed E-state index contributed by atoms with van der Waals surface area (Å²) in [5.74, 6) is 2.61. The van der Waals surface area contributed by atoms with E-state index >= 15 is 0 Å². The number of hydrogen-bond donors (Lipinski definition) is 1. The maximum Gasteiger partial charge on any atom is 0.0359 e. The molecule has 2 heteroatoms. The predicted octanol–water partition coefficient (Wildman–Crippen LogP) is 3.65. The quantitative estimate of drug-likeness (QED) is 0.841. The summed E-state index contributed by atoms with van der Waals surface area (Å²) in [5, 5.41) is 0. The molecular formula is C17H34N2. The van der Waals surface area contributed by atoms with Crippen LogP contribution in [0, 0.1) is 17.8 Å². The molecule has 1 heterocycles. The molecule has 1 saturated heterocycles. The molecule has 2 aliphatic rings. The molecule has 0 amide bonds. The molecule has 2 rings (SSSR count). The van der Waals surface area contributed by atoms with E-state index in [-0.39, 0.29) is 0 Å². The second-order valence-corrected chi connectivity index (χ2v) is 7.31. The molecule has 1 aliphatic heterocycles. The van der Waals surface area contributed by atoms with Crippen LogP contribution in [0.1, 0.15) is 65.7 Å². The van der Waals surface area contributed by atoms with Crippen molar-refractivity contribution in [1.82, 2.24) is 4.90 Å². The molecule has 0 aromatic carbocycles. The average Bonchev–Trinajstić information content (AvgIpc) is 2.43. The Bertz CT molecular complexity index is 270. The molecule has 0 spiro atoms. The minimum Gasteiger partial charge on any atom is -0.329 e. The second kappa shape index (κ2) is 6.58. The van der Waals surface area contributed by atoms with Gasteiger partial charge in [-0.15, -0.1) is 0 Å². The summed E-state index contributed by atoms with van der Waals surface area (Å²) in [6.07, 6.45) is 9.66.